The number of likely N-dealkylation sites (tertiary alicyclic amines) is 1. The first kappa shape index (κ1) is 11.5. The second kappa shape index (κ2) is 4.30. The van der Waals surface area contributed by atoms with E-state index < -0.39 is 10.1 Å². The van der Waals surface area contributed by atoms with Crippen LogP contribution in [0.5, 0.6) is 0 Å². The molecule has 0 bridgehead atoms. The van der Waals surface area contributed by atoms with Gasteiger partial charge in [0, 0.05) is 12.8 Å². The Balaban J connectivity index is 2.32. The van der Waals surface area contributed by atoms with E-state index in [0.29, 0.717) is 6.54 Å². The molecule has 1 rings (SSSR count). The highest BCUT2D eigenvalue weighted by molar-refractivity contribution is 7.91. The lowest BCUT2D eigenvalue weighted by Crippen LogP contribution is -2.43. The second-order valence-electron chi connectivity index (χ2n) is 3.89. The van der Waals surface area contributed by atoms with Crippen molar-refractivity contribution >= 4 is 10.1 Å². The molecule has 5 heteroatoms. The molecule has 1 aliphatic heterocycles. The molecule has 14 heavy (non-hydrogen) atoms. The van der Waals surface area contributed by atoms with Gasteiger partial charge in [0.2, 0.25) is 0 Å². The van der Waals surface area contributed by atoms with E-state index in [0.717, 1.165) is 17.6 Å². The van der Waals surface area contributed by atoms with Gasteiger partial charge in [0.05, 0.1) is 25.4 Å². The first-order valence-electron chi connectivity index (χ1n) is 4.68. The highest BCUT2D eigenvalue weighted by atomic mass is 32.2. The standard InChI is InChI=1S/C9H16NO3S/c1-3-14(11,12)13-9-8-10(2)6-4-5-7-10/h1H,4-9H2,2H3/q+1. The van der Waals surface area contributed by atoms with Crippen molar-refractivity contribution in [2.45, 2.75) is 12.8 Å². The van der Waals surface area contributed by atoms with Gasteiger partial charge < -0.3 is 4.48 Å². The van der Waals surface area contributed by atoms with Crippen molar-refractivity contribution in [2.75, 3.05) is 33.3 Å². The number of nitrogens with zero attached hydrogens (tertiary/aromatic N) is 1. The summed E-state index contributed by atoms with van der Waals surface area (Å²) in [7, 11) is -1.61. The highest BCUT2D eigenvalue weighted by Crippen LogP contribution is 2.15. The molecule has 1 aliphatic rings. The van der Waals surface area contributed by atoms with E-state index in [1.807, 2.05) is 0 Å². The van der Waals surface area contributed by atoms with Crippen molar-refractivity contribution in [2.24, 2.45) is 0 Å². The maximum Gasteiger partial charge on any atom is 0.337 e. The fourth-order valence-corrected chi connectivity index (χ4v) is 2.09. The summed E-state index contributed by atoms with van der Waals surface area (Å²) in [6.45, 7) is 3.09. The molecular weight excluding hydrogens is 202 g/mol. The molecular formula is C9H16NO3S+. The molecule has 0 amide bonds. The summed E-state index contributed by atoms with van der Waals surface area (Å²) >= 11 is 0. The molecule has 0 aliphatic carbocycles. The Morgan fingerprint density at radius 2 is 2.00 bits per heavy atom. The van der Waals surface area contributed by atoms with Gasteiger partial charge in [-0.15, -0.1) is 6.42 Å². The van der Waals surface area contributed by atoms with E-state index in [4.69, 9.17) is 6.42 Å². The lowest BCUT2D eigenvalue weighted by Gasteiger charge is -2.28. The number of terminal acetylenes is 1. The molecule has 0 N–H and O–H groups in total. The molecule has 0 aromatic rings. The molecule has 0 spiro atoms. The Kier molecular flexibility index (Phi) is 3.53. The maximum atomic E-state index is 10.8. The van der Waals surface area contributed by atoms with Crippen molar-refractivity contribution in [3.8, 4) is 11.7 Å². The van der Waals surface area contributed by atoms with Crippen LogP contribution in [0.2, 0.25) is 0 Å². The van der Waals surface area contributed by atoms with Crippen LogP contribution in [0.15, 0.2) is 0 Å². The molecule has 1 fully saturated rings. The third-order valence-corrected chi connectivity index (χ3v) is 3.43. The highest BCUT2D eigenvalue weighted by Gasteiger charge is 2.26. The van der Waals surface area contributed by atoms with Gasteiger partial charge in [0.1, 0.15) is 13.2 Å². The van der Waals surface area contributed by atoms with Crippen LogP contribution in [0.25, 0.3) is 0 Å². The summed E-state index contributed by atoms with van der Waals surface area (Å²) in [5.74, 6) is 0. The average Bonchev–Trinajstić information content (AvgIpc) is 2.52. The third-order valence-electron chi connectivity index (χ3n) is 2.66. The minimum absolute atomic E-state index is 0.184. The number of hydrogen-bond donors (Lipinski definition) is 0. The number of hydrogen-bond acceptors (Lipinski definition) is 3. The van der Waals surface area contributed by atoms with E-state index >= 15 is 0 Å². The molecule has 1 heterocycles. The predicted molar refractivity (Wildman–Crippen MR) is 53.7 cm³/mol. The Morgan fingerprint density at radius 3 is 2.50 bits per heavy atom. The molecule has 4 nitrogen and oxygen atoms in total. The molecule has 0 atom stereocenters. The van der Waals surface area contributed by atoms with Crippen LogP contribution < -0.4 is 0 Å². The van der Waals surface area contributed by atoms with Crippen molar-refractivity contribution in [1.29, 1.82) is 0 Å². The molecule has 0 unspecified atom stereocenters. The van der Waals surface area contributed by atoms with Crippen molar-refractivity contribution in [3.05, 3.63) is 0 Å². The van der Waals surface area contributed by atoms with E-state index in [2.05, 4.69) is 11.2 Å². The first-order chi connectivity index (χ1) is 6.47. The summed E-state index contributed by atoms with van der Waals surface area (Å²) < 4.78 is 27.1. The van der Waals surface area contributed by atoms with E-state index in [1.54, 1.807) is 5.25 Å². The normalized spacial score (nSPS) is 20.6. The van der Waals surface area contributed by atoms with Gasteiger partial charge >= 0.3 is 10.1 Å². The molecule has 0 radical (unpaired) electrons. The first-order valence-corrected chi connectivity index (χ1v) is 6.09. The van der Waals surface area contributed by atoms with Crippen molar-refractivity contribution in [1.82, 2.24) is 0 Å². The zero-order valence-corrected chi connectivity index (χ0v) is 9.22. The van der Waals surface area contributed by atoms with Gasteiger partial charge in [0.15, 0.2) is 0 Å². The Morgan fingerprint density at radius 1 is 1.43 bits per heavy atom. The van der Waals surface area contributed by atoms with Crippen LogP contribution in [0.4, 0.5) is 0 Å². The van der Waals surface area contributed by atoms with Crippen molar-refractivity contribution in [3.63, 3.8) is 0 Å². The van der Waals surface area contributed by atoms with E-state index in [9.17, 15) is 8.42 Å². The van der Waals surface area contributed by atoms with E-state index in [1.165, 1.54) is 12.8 Å². The Bertz CT molecular complexity index is 322. The van der Waals surface area contributed by atoms with Gasteiger partial charge in [-0.2, -0.15) is 8.42 Å². The minimum Gasteiger partial charge on any atom is -0.324 e. The van der Waals surface area contributed by atoms with Crippen LogP contribution in [0, 0.1) is 11.7 Å². The van der Waals surface area contributed by atoms with Gasteiger partial charge in [-0.25, -0.2) is 0 Å². The van der Waals surface area contributed by atoms with Crippen molar-refractivity contribution < 1.29 is 17.1 Å². The van der Waals surface area contributed by atoms with Crippen LogP contribution in [0.1, 0.15) is 12.8 Å². The van der Waals surface area contributed by atoms with Crippen LogP contribution >= 0.6 is 0 Å². The van der Waals surface area contributed by atoms with Gasteiger partial charge in [-0.1, -0.05) is 0 Å². The summed E-state index contributed by atoms with van der Waals surface area (Å²) in [4.78, 5) is 0. The van der Waals surface area contributed by atoms with Crippen LogP contribution in [-0.2, 0) is 14.3 Å². The smallest absolute Gasteiger partial charge is 0.324 e. The van der Waals surface area contributed by atoms with Crippen LogP contribution in [0.3, 0.4) is 0 Å². The molecule has 0 saturated carbocycles. The molecule has 0 aromatic heterocycles. The molecule has 0 aromatic carbocycles. The monoisotopic (exact) mass is 218 g/mol. The summed E-state index contributed by atoms with van der Waals surface area (Å²) in [6, 6.07) is 0. The third kappa shape index (κ3) is 3.29. The average molecular weight is 218 g/mol. The lowest BCUT2D eigenvalue weighted by molar-refractivity contribution is -0.897. The predicted octanol–water partition coefficient (Wildman–Crippen LogP) is 0.164. The Labute approximate surface area is 85.6 Å². The minimum atomic E-state index is -3.72. The second-order valence-corrected chi connectivity index (χ2v) is 5.27. The lowest BCUT2D eigenvalue weighted by atomic mass is 10.4. The Hall–Kier alpha value is -0.570. The zero-order valence-electron chi connectivity index (χ0n) is 8.40. The topological polar surface area (TPSA) is 43.4 Å². The summed E-state index contributed by atoms with van der Waals surface area (Å²) in [6.07, 6.45) is 7.18. The maximum absolute atomic E-state index is 10.8. The van der Waals surface area contributed by atoms with Gasteiger partial charge in [0.25, 0.3) is 0 Å². The zero-order chi connectivity index (χ0) is 10.7. The number of rotatable bonds is 4. The molecule has 80 valence electrons. The van der Waals surface area contributed by atoms with Crippen LogP contribution in [-0.4, -0.2) is 46.2 Å². The SMILES string of the molecule is C#CS(=O)(=O)OCC[N+]1(C)CCCC1. The number of likely N-dealkylation sites (N-methyl/N-ethyl adjacent to an activating group) is 1. The molecule has 1 saturated heterocycles. The number of quaternary nitrogens is 1. The quantitative estimate of drug-likeness (QED) is 0.384. The summed E-state index contributed by atoms with van der Waals surface area (Å²) in [5.41, 5.74) is 0. The summed E-state index contributed by atoms with van der Waals surface area (Å²) in [5, 5.41) is 1.62. The largest absolute Gasteiger partial charge is 0.337 e. The fraction of sp³-hybridized carbons (Fsp3) is 0.778. The van der Waals surface area contributed by atoms with Gasteiger partial charge in [-0.05, 0) is 0 Å². The van der Waals surface area contributed by atoms with Gasteiger partial charge in [-0.3, -0.25) is 4.18 Å². The van der Waals surface area contributed by atoms with E-state index in [-0.39, 0.29) is 6.61 Å². The fourth-order valence-electron chi connectivity index (χ4n) is 1.72.